The smallest absolute Gasteiger partial charge is 0.239 e. The molecule has 25 heavy (non-hydrogen) atoms. The summed E-state index contributed by atoms with van der Waals surface area (Å²) in [6.07, 6.45) is 0.263. The van der Waals surface area contributed by atoms with Crippen LogP contribution >= 0.6 is 11.3 Å². The van der Waals surface area contributed by atoms with Crippen LogP contribution in [-0.4, -0.2) is 18.4 Å². The Morgan fingerprint density at radius 2 is 1.72 bits per heavy atom. The highest BCUT2D eigenvalue weighted by atomic mass is 32.1. The van der Waals surface area contributed by atoms with Gasteiger partial charge in [0.2, 0.25) is 11.8 Å². The Bertz CT molecular complexity index is 896. The second kappa shape index (κ2) is 7.94. The van der Waals surface area contributed by atoms with Gasteiger partial charge >= 0.3 is 0 Å². The molecule has 0 radical (unpaired) electrons. The molecular weight excluding hydrogens is 332 g/mol. The molecule has 0 saturated heterocycles. The van der Waals surface area contributed by atoms with Gasteiger partial charge in [0.1, 0.15) is 0 Å². The van der Waals surface area contributed by atoms with Crippen molar-refractivity contribution in [2.75, 3.05) is 6.54 Å². The first-order valence-electron chi connectivity index (χ1n) is 8.17. The summed E-state index contributed by atoms with van der Waals surface area (Å²) in [7, 11) is 0. The molecular formula is C20H20N2O2S. The molecule has 0 atom stereocenters. The summed E-state index contributed by atoms with van der Waals surface area (Å²) < 4.78 is 0. The molecule has 1 aromatic heterocycles. The van der Waals surface area contributed by atoms with Gasteiger partial charge in [0, 0.05) is 9.75 Å². The number of carbonyl (C=O) groups is 2. The van der Waals surface area contributed by atoms with Crippen LogP contribution in [-0.2, 0) is 22.6 Å². The minimum Gasteiger partial charge on any atom is -0.350 e. The van der Waals surface area contributed by atoms with Gasteiger partial charge in [0.15, 0.2) is 0 Å². The first-order valence-corrected chi connectivity index (χ1v) is 8.99. The third kappa shape index (κ3) is 4.67. The van der Waals surface area contributed by atoms with E-state index in [0.29, 0.717) is 6.54 Å². The number of rotatable bonds is 6. The van der Waals surface area contributed by atoms with Gasteiger partial charge in [-0.15, -0.1) is 11.3 Å². The highest BCUT2D eigenvalue weighted by molar-refractivity contribution is 7.11. The Kier molecular flexibility index (Phi) is 5.46. The second-order valence-corrected chi connectivity index (χ2v) is 7.25. The predicted octanol–water partition coefficient (Wildman–Crippen LogP) is 3.18. The summed E-state index contributed by atoms with van der Waals surface area (Å²) in [4.78, 5) is 26.3. The number of nitrogens with one attached hydrogen (secondary N) is 2. The Balaban J connectivity index is 1.49. The standard InChI is InChI=1S/C20H20N2O2S/c1-14-9-10-17(25-14)12-21-20(24)13-22-19(23)11-16-7-4-6-15-5-2-3-8-18(15)16/h2-10H,11-13H2,1H3,(H,21,24)(H,22,23). The summed E-state index contributed by atoms with van der Waals surface area (Å²) in [5.74, 6) is -0.337. The molecule has 0 saturated carbocycles. The largest absolute Gasteiger partial charge is 0.350 e. The van der Waals surface area contributed by atoms with E-state index >= 15 is 0 Å². The number of fused-ring (bicyclic) bond motifs is 1. The van der Waals surface area contributed by atoms with E-state index < -0.39 is 0 Å². The molecule has 5 heteroatoms. The van der Waals surface area contributed by atoms with Crippen molar-refractivity contribution in [2.24, 2.45) is 0 Å². The highest BCUT2D eigenvalue weighted by Gasteiger charge is 2.09. The minimum atomic E-state index is -0.183. The van der Waals surface area contributed by atoms with Crippen LogP contribution < -0.4 is 10.6 Å². The van der Waals surface area contributed by atoms with Crippen LogP contribution in [0.15, 0.2) is 54.6 Å². The van der Waals surface area contributed by atoms with Gasteiger partial charge in [-0.3, -0.25) is 9.59 Å². The van der Waals surface area contributed by atoms with Crippen molar-refractivity contribution < 1.29 is 9.59 Å². The van der Waals surface area contributed by atoms with Crippen molar-refractivity contribution >= 4 is 33.9 Å². The van der Waals surface area contributed by atoms with Crippen molar-refractivity contribution in [2.45, 2.75) is 19.9 Å². The lowest BCUT2D eigenvalue weighted by molar-refractivity contribution is -0.125. The fourth-order valence-electron chi connectivity index (χ4n) is 2.69. The van der Waals surface area contributed by atoms with E-state index in [9.17, 15) is 9.59 Å². The fourth-order valence-corrected chi connectivity index (χ4v) is 3.52. The molecule has 128 valence electrons. The Morgan fingerprint density at radius 3 is 2.52 bits per heavy atom. The van der Waals surface area contributed by atoms with Crippen LogP contribution in [0, 0.1) is 6.92 Å². The number of hydrogen-bond donors (Lipinski definition) is 2. The molecule has 0 unspecified atom stereocenters. The van der Waals surface area contributed by atoms with E-state index in [1.54, 1.807) is 11.3 Å². The third-order valence-electron chi connectivity index (χ3n) is 3.93. The Morgan fingerprint density at radius 1 is 0.920 bits per heavy atom. The monoisotopic (exact) mass is 352 g/mol. The molecule has 3 aromatic rings. The lowest BCUT2D eigenvalue weighted by Crippen LogP contribution is -2.37. The van der Waals surface area contributed by atoms with Gasteiger partial charge in [-0.1, -0.05) is 42.5 Å². The van der Waals surface area contributed by atoms with Crippen LogP contribution in [0.4, 0.5) is 0 Å². The van der Waals surface area contributed by atoms with Crippen molar-refractivity contribution in [3.05, 3.63) is 69.9 Å². The van der Waals surface area contributed by atoms with Gasteiger partial charge in [-0.2, -0.15) is 0 Å². The van der Waals surface area contributed by atoms with E-state index in [-0.39, 0.29) is 24.8 Å². The number of benzene rings is 2. The van der Waals surface area contributed by atoms with E-state index in [1.165, 1.54) is 4.88 Å². The van der Waals surface area contributed by atoms with Gasteiger partial charge in [0.25, 0.3) is 0 Å². The van der Waals surface area contributed by atoms with Crippen molar-refractivity contribution in [3.8, 4) is 0 Å². The van der Waals surface area contributed by atoms with E-state index in [2.05, 4.69) is 10.6 Å². The van der Waals surface area contributed by atoms with Gasteiger partial charge in [-0.25, -0.2) is 0 Å². The zero-order valence-electron chi connectivity index (χ0n) is 14.0. The van der Waals surface area contributed by atoms with E-state index in [4.69, 9.17) is 0 Å². The molecule has 3 rings (SSSR count). The molecule has 1 heterocycles. The van der Waals surface area contributed by atoms with Gasteiger partial charge in [-0.05, 0) is 35.4 Å². The lowest BCUT2D eigenvalue weighted by Gasteiger charge is -2.08. The van der Waals surface area contributed by atoms with Crippen LogP contribution in [0.3, 0.4) is 0 Å². The fraction of sp³-hybridized carbons (Fsp3) is 0.200. The molecule has 0 bridgehead atoms. The topological polar surface area (TPSA) is 58.2 Å². The maximum Gasteiger partial charge on any atom is 0.239 e. The molecule has 0 fully saturated rings. The maximum atomic E-state index is 12.1. The summed E-state index contributed by atoms with van der Waals surface area (Å²) in [5.41, 5.74) is 0.963. The zero-order valence-corrected chi connectivity index (χ0v) is 14.9. The molecule has 0 spiro atoms. The molecule has 0 aliphatic heterocycles. The molecule has 0 aliphatic rings. The van der Waals surface area contributed by atoms with Gasteiger partial charge < -0.3 is 10.6 Å². The van der Waals surface area contributed by atoms with Crippen molar-refractivity contribution in [1.82, 2.24) is 10.6 Å². The first kappa shape index (κ1) is 17.2. The third-order valence-corrected chi connectivity index (χ3v) is 4.93. The van der Waals surface area contributed by atoms with Crippen LogP contribution in [0.2, 0.25) is 0 Å². The van der Waals surface area contributed by atoms with Crippen LogP contribution in [0.25, 0.3) is 10.8 Å². The Hall–Kier alpha value is -2.66. The second-order valence-electron chi connectivity index (χ2n) is 5.88. The SMILES string of the molecule is Cc1ccc(CNC(=O)CNC(=O)Cc2cccc3ccccc23)s1. The normalized spacial score (nSPS) is 10.6. The van der Waals surface area contributed by atoms with E-state index in [1.807, 2.05) is 61.5 Å². The number of aryl methyl sites for hydroxylation is 1. The number of amides is 2. The summed E-state index contributed by atoms with van der Waals surface area (Å²) in [6, 6.07) is 17.9. The van der Waals surface area contributed by atoms with Crippen molar-refractivity contribution in [1.29, 1.82) is 0 Å². The van der Waals surface area contributed by atoms with Crippen LogP contribution in [0.1, 0.15) is 15.3 Å². The van der Waals surface area contributed by atoms with E-state index in [0.717, 1.165) is 21.2 Å². The lowest BCUT2D eigenvalue weighted by atomic mass is 10.0. The zero-order chi connectivity index (χ0) is 17.6. The average molecular weight is 352 g/mol. The van der Waals surface area contributed by atoms with Crippen molar-refractivity contribution in [3.63, 3.8) is 0 Å². The number of hydrogen-bond acceptors (Lipinski definition) is 3. The molecule has 0 aliphatic carbocycles. The predicted molar refractivity (Wildman–Crippen MR) is 102 cm³/mol. The average Bonchev–Trinajstić information content (AvgIpc) is 3.04. The maximum absolute atomic E-state index is 12.1. The first-order chi connectivity index (χ1) is 12.1. The number of thiophene rings is 1. The summed E-state index contributed by atoms with van der Waals surface area (Å²) >= 11 is 1.65. The number of carbonyl (C=O) groups excluding carboxylic acids is 2. The summed E-state index contributed by atoms with van der Waals surface area (Å²) in [5, 5.41) is 7.68. The molecule has 2 amide bonds. The summed E-state index contributed by atoms with van der Waals surface area (Å²) in [6.45, 7) is 2.52. The minimum absolute atomic E-state index is 0.00600. The quantitative estimate of drug-likeness (QED) is 0.716. The molecule has 2 aromatic carbocycles. The van der Waals surface area contributed by atoms with Crippen LogP contribution in [0.5, 0.6) is 0 Å². The highest BCUT2D eigenvalue weighted by Crippen LogP contribution is 2.18. The molecule has 2 N–H and O–H groups in total. The van der Waals surface area contributed by atoms with Gasteiger partial charge in [0.05, 0.1) is 19.5 Å². The Labute approximate surface area is 150 Å². The molecule has 4 nitrogen and oxygen atoms in total.